The fraction of sp³-hybridized carbons (Fsp3) is 0.739. The number of carboxylic acid groups (broad SMARTS) is 1. The number of unbranched alkanes of at least 4 members (excludes halogenated alkanes) is 11. The summed E-state index contributed by atoms with van der Waals surface area (Å²) in [6, 6.07) is 0. The highest BCUT2D eigenvalue weighted by molar-refractivity contribution is 5.80. The molecule has 0 aromatic rings. The molecule has 0 aliphatic carbocycles. The molecule has 1 heterocycles. The molecule has 0 saturated carbocycles. The Morgan fingerprint density at radius 3 is 2.14 bits per heavy atom. The maximum absolute atomic E-state index is 11.1. The van der Waals surface area contributed by atoms with Gasteiger partial charge in [-0.15, -0.1) is 0 Å². The zero-order chi connectivity index (χ0) is 20.5. The Morgan fingerprint density at radius 2 is 1.61 bits per heavy atom. The number of carbonyl (C=O) groups is 1. The molecule has 0 spiro atoms. The van der Waals surface area contributed by atoms with Gasteiger partial charge in [0.2, 0.25) is 5.84 Å². The summed E-state index contributed by atoms with van der Waals surface area (Å²) in [5, 5.41) is 11.1. The third kappa shape index (κ3) is 10.2. The molecule has 0 fully saturated rings. The largest absolute Gasteiger partial charge is 0.544 e. The minimum Gasteiger partial charge on any atom is -0.544 e. The molecule has 160 valence electrons. The van der Waals surface area contributed by atoms with Crippen LogP contribution >= 0.6 is 0 Å². The summed E-state index contributed by atoms with van der Waals surface area (Å²) >= 11 is 0. The summed E-state index contributed by atoms with van der Waals surface area (Å²) in [5.74, 6) is -0.130. The van der Waals surface area contributed by atoms with Gasteiger partial charge in [-0.2, -0.15) is 0 Å². The van der Waals surface area contributed by atoms with Gasteiger partial charge in [-0.25, -0.2) is 9.48 Å². The van der Waals surface area contributed by atoms with Crippen LogP contribution in [-0.4, -0.2) is 35.9 Å². The van der Waals surface area contributed by atoms with Crippen molar-refractivity contribution in [3.63, 3.8) is 0 Å². The number of aliphatic imine (C=N–C) groups is 1. The van der Waals surface area contributed by atoms with Crippen LogP contribution in [0.15, 0.2) is 29.5 Å². The molecular weight excluding hydrogens is 350 g/mol. The number of quaternary nitrogens is 1. The van der Waals surface area contributed by atoms with Crippen LogP contribution < -0.4 is 10.8 Å². The molecule has 0 radical (unpaired) electrons. The van der Waals surface area contributed by atoms with Crippen LogP contribution in [-0.2, 0) is 4.79 Å². The van der Waals surface area contributed by atoms with E-state index in [2.05, 4.69) is 24.1 Å². The first-order valence-corrected chi connectivity index (χ1v) is 11.3. The summed E-state index contributed by atoms with van der Waals surface area (Å²) in [7, 11) is 0. The number of rotatable bonds is 18. The van der Waals surface area contributed by atoms with E-state index in [0.717, 1.165) is 18.7 Å². The average molecular weight is 392 g/mol. The lowest BCUT2D eigenvalue weighted by Gasteiger charge is -2.32. The van der Waals surface area contributed by atoms with Gasteiger partial charge < -0.3 is 15.6 Å². The molecule has 1 aliphatic heterocycles. The molecular formula is C23H41N3O2. The molecule has 5 nitrogen and oxygen atoms in total. The van der Waals surface area contributed by atoms with Gasteiger partial charge in [0.25, 0.3) is 0 Å². The highest BCUT2D eigenvalue weighted by atomic mass is 16.4. The normalized spacial score (nSPS) is 18.9. The number of carbonyl (C=O) groups excluding carboxylic acids is 1. The monoisotopic (exact) mass is 391 g/mol. The molecule has 1 unspecified atom stereocenters. The molecule has 2 N–H and O–H groups in total. The quantitative estimate of drug-likeness (QED) is 0.217. The van der Waals surface area contributed by atoms with Crippen molar-refractivity contribution >= 4 is 11.8 Å². The third-order valence-corrected chi connectivity index (χ3v) is 5.54. The topological polar surface area (TPSA) is 78.5 Å². The van der Waals surface area contributed by atoms with Crippen molar-refractivity contribution in [3.05, 3.63) is 24.6 Å². The fourth-order valence-electron chi connectivity index (χ4n) is 3.93. The van der Waals surface area contributed by atoms with E-state index in [1.165, 1.54) is 70.6 Å². The Morgan fingerprint density at radius 1 is 1.04 bits per heavy atom. The number of carboxylic acids is 1. The van der Waals surface area contributed by atoms with Crippen molar-refractivity contribution in [2.45, 2.75) is 90.4 Å². The molecule has 0 aromatic heterocycles. The Kier molecular flexibility index (Phi) is 13.6. The molecule has 0 bridgehead atoms. The zero-order valence-electron chi connectivity index (χ0n) is 17.9. The lowest BCUT2D eigenvalue weighted by atomic mass is 10.0. The molecule has 0 amide bonds. The molecule has 5 heteroatoms. The van der Waals surface area contributed by atoms with Crippen LogP contribution in [0.25, 0.3) is 0 Å². The molecule has 0 saturated heterocycles. The number of hydrogen-bond acceptors (Lipinski definition) is 4. The number of allylic oxidation sites excluding steroid dienone is 2. The van der Waals surface area contributed by atoms with Crippen LogP contribution in [0.3, 0.4) is 0 Å². The molecule has 0 aromatic carbocycles. The van der Waals surface area contributed by atoms with E-state index in [1.807, 2.05) is 6.20 Å². The van der Waals surface area contributed by atoms with E-state index in [1.54, 1.807) is 6.20 Å². The van der Waals surface area contributed by atoms with Gasteiger partial charge in [-0.1, -0.05) is 69.9 Å². The van der Waals surface area contributed by atoms with Gasteiger partial charge in [0.05, 0.1) is 12.2 Å². The summed E-state index contributed by atoms with van der Waals surface area (Å²) in [4.78, 5) is 15.5. The van der Waals surface area contributed by atoms with E-state index in [0.29, 0.717) is 13.1 Å². The van der Waals surface area contributed by atoms with Crippen molar-refractivity contribution in [1.29, 1.82) is 0 Å². The first-order chi connectivity index (χ1) is 13.6. The predicted octanol–water partition coefficient (Wildman–Crippen LogP) is 4.04. The van der Waals surface area contributed by atoms with Crippen molar-refractivity contribution in [3.8, 4) is 0 Å². The number of aliphatic carboxylic acids is 1. The van der Waals surface area contributed by atoms with E-state index >= 15 is 0 Å². The van der Waals surface area contributed by atoms with Crippen molar-refractivity contribution in [2.75, 3.05) is 19.6 Å². The maximum atomic E-state index is 11.1. The molecule has 28 heavy (non-hydrogen) atoms. The summed E-state index contributed by atoms with van der Waals surface area (Å²) in [6.07, 6.45) is 24.3. The van der Waals surface area contributed by atoms with Crippen LogP contribution in [0.1, 0.15) is 90.4 Å². The minimum absolute atomic E-state index is 0.0676. The van der Waals surface area contributed by atoms with E-state index in [-0.39, 0.29) is 11.0 Å². The maximum Gasteiger partial charge on any atom is 0.207 e. The van der Waals surface area contributed by atoms with Gasteiger partial charge in [-0.05, 0) is 26.2 Å². The standard InChI is InChI=1S/C23H41N3O2/c1-2-3-4-5-6-7-8-9-10-11-12-13-14-15-16-22-25-18-20-26(22,19-17-24)21-23(27)28/h2-3,18,20H,4-17,19,21,24H2,1H3/b3-2+. The Balaban J connectivity index is 2.03. The lowest BCUT2D eigenvalue weighted by Crippen LogP contribution is -2.55. The fourth-order valence-corrected chi connectivity index (χ4v) is 3.93. The van der Waals surface area contributed by atoms with E-state index in [9.17, 15) is 9.90 Å². The van der Waals surface area contributed by atoms with Gasteiger partial charge in [0, 0.05) is 13.0 Å². The second-order valence-corrected chi connectivity index (χ2v) is 7.92. The van der Waals surface area contributed by atoms with Crippen molar-refractivity contribution in [1.82, 2.24) is 0 Å². The summed E-state index contributed by atoms with van der Waals surface area (Å²) in [5.41, 5.74) is 5.69. The first kappa shape index (κ1) is 24.6. The first-order valence-electron chi connectivity index (χ1n) is 11.3. The Hall–Kier alpha value is -1.46. The Labute approximate surface area is 172 Å². The average Bonchev–Trinajstić information content (AvgIpc) is 3.03. The van der Waals surface area contributed by atoms with E-state index in [4.69, 9.17) is 5.73 Å². The van der Waals surface area contributed by atoms with E-state index < -0.39 is 5.97 Å². The van der Waals surface area contributed by atoms with Gasteiger partial charge in [0.15, 0.2) is 0 Å². The number of nitrogens with zero attached hydrogens (tertiary/aromatic N) is 2. The third-order valence-electron chi connectivity index (χ3n) is 5.54. The lowest BCUT2D eigenvalue weighted by molar-refractivity contribution is -0.780. The second kappa shape index (κ2) is 15.5. The van der Waals surface area contributed by atoms with Crippen LogP contribution in [0.4, 0.5) is 0 Å². The minimum atomic E-state index is -1.05. The SMILES string of the molecule is C/C=C/CCCCCCCCCCCCCC1=NC=C[N+]1(CCN)CC(=O)[O-]. The zero-order valence-corrected chi connectivity index (χ0v) is 17.9. The molecule has 1 atom stereocenters. The number of amidine groups is 1. The smallest absolute Gasteiger partial charge is 0.207 e. The summed E-state index contributed by atoms with van der Waals surface area (Å²) < 4.78 is 0.244. The van der Waals surface area contributed by atoms with Gasteiger partial charge in [0.1, 0.15) is 19.3 Å². The van der Waals surface area contributed by atoms with Crippen LogP contribution in [0, 0.1) is 0 Å². The molecule has 1 aliphatic rings. The van der Waals surface area contributed by atoms with Crippen molar-refractivity contribution < 1.29 is 14.4 Å². The predicted molar refractivity (Wildman–Crippen MR) is 115 cm³/mol. The highest BCUT2D eigenvalue weighted by Crippen LogP contribution is 2.21. The van der Waals surface area contributed by atoms with Gasteiger partial charge in [-0.3, -0.25) is 0 Å². The van der Waals surface area contributed by atoms with Crippen LogP contribution in [0.5, 0.6) is 0 Å². The number of hydrogen-bond donors (Lipinski definition) is 1. The van der Waals surface area contributed by atoms with Gasteiger partial charge >= 0.3 is 0 Å². The van der Waals surface area contributed by atoms with Crippen LogP contribution in [0.2, 0.25) is 0 Å². The van der Waals surface area contributed by atoms with Crippen molar-refractivity contribution in [2.24, 2.45) is 10.7 Å². The second-order valence-electron chi connectivity index (χ2n) is 7.92. The Bertz CT molecular complexity index is 514. The number of nitrogens with two attached hydrogens (primary N) is 1. The molecule has 1 rings (SSSR count). The highest BCUT2D eigenvalue weighted by Gasteiger charge is 2.34. The summed E-state index contributed by atoms with van der Waals surface area (Å²) in [6.45, 7) is 3.03.